The Morgan fingerprint density at radius 1 is 0.931 bits per heavy atom. The second-order valence-electron chi connectivity index (χ2n) is 8.01. The molecule has 1 aliphatic rings. The number of fused-ring (bicyclic) bond motifs is 2. The van der Waals surface area contributed by atoms with Gasteiger partial charge in [0.25, 0.3) is 0 Å². The highest BCUT2D eigenvalue weighted by Gasteiger charge is 2.22. The fraction of sp³-hybridized carbons (Fsp3) is 0.333. The van der Waals surface area contributed by atoms with Crippen molar-refractivity contribution in [2.75, 3.05) is 31.1 Å². The van der Waals surface area contributed by atoms with Crippen molar-refractivity contribution in [3.05, 3.63) is 64.3 Å². The molecule has 5 heteroatoms. The van der Waals surface area contributed by atoms with Gasteiger partial charge < -0.3 is 4.90 Å². The minimum absolute atomic E-state index is 1.00. The normalized spacial score (nSPS) is 15.5. The van der Waals surface area contributed by atoms with Crippen molar-refractivity contribution in [1.29, 1.82) is 0 Å². The smallest absolute Gasteiger partial charge is 0.141 e. The summed E-state index contributed by atoms with van der Waals surface area (Å²) in [6.45, 7) is 11.7. The van der Waals surface area contributed by atoms with Gasteiger partial charge in [0.05, 0.1) is 5.39 Å². The molecule has 3 heterocycles. The number of piperazine rings is 1. The zero-order chi connectivity index (χ0) is 20.0. The van der Waals surface area contributed by atoms with Gasteiger partial charge >= 0.3 is 0 Å². The number of aryl methyl sites for hydroxylation is 3. The maximum Gasteiger partial charge on any atom is 0.141 e. The van der Waals surface area contributed by atoms with Gasteiger partial charge in [-0.25, -0.2) is 9.97 Å². The molecule has 1 aliphatic heterocycles. The highest BCUT2D eigenvalue weighted by atomic mass is 32.1. The minimum Gasteiger partial charge on any atom is -0.353 e. The second kappa shape index (κ2) is 7.39. The molecule has 29 heavy (non-hydrogen) atoms. The fourth-order valence-corrected chi connectivity index (χ4v) is 5.39. The van der Waals surface area contributed by atoms with Crippen LogP contribution in [0.4, 0.5) is 5.82 Å². The lowest BCUT2D eigenvalue weighted by Crippen LogP contribution is -2.46. The third kappa shape index (κ3) is 3.28. The molecule has 2 aromatic carbocycles. The van der Waals surface area contributed by atoms with E-state index < -0.39 is 0 Å². The standard InChI is InChI=1S/C24H26N4S/c1-16-8-9-19-6-4-5-7-20(19)21(16)14-27-10-12-28(13-11-27)23-22-17(2)18(3)29-24(22)26-15-25-23/h4-9,15H,10-14H2,1-3H3. The van der Waals surface area contributed by atoms with Crippen LogP contribution in [0.15, 0.2) is 42.7 Å². The molecular weight excluding hydrogens is 376 g/mol. The molecule has 1 fully saturated rings. The Morgan fingerprint density at radius 3 is 2.55 bits per heavy atom. The summed E-state index contributed by atoms with van der Waals surface area (Å²) in [6, 6.07) is 13.2. The first-order valence-electron chi connectivity index (χ1n) is 10.3. The first kappa shape index (κ1) is 18.5. The van der Waals surface area contributed by atoms with E-state index in [0.29, 0.717) is 0 Å². The Morgan fingerprint density at radius 2 is 1.72 bits per heavy atom. The van der Waals surface area contributed by atoms with Crippen molar-refractivity contribution in [2.24, 2.45) is 0 Å². The van der Waals surface area contributed by atoms with Gasteiger partial charge in [-0.05, 0) is 48.2 Å². The zero-order valence-electron chi connectivity index (χ0n) is 17.3. The molecule has 0 amide bonds. The molecule has 0 bridgehead atoms. The van der Waals surface area contributed by atoms with Crippen LogP contribution in [-0.4, -0.2) is 41.0 Å². The van der Waals surface area contributed by atoms with Crippen LogP contribution in [0.25, 0.3) is 21.0 Å². The lowest BCUT2D eigenvalue weighted by molar-refractivity contribution is 0.250. The van der Waals surface area contributed by atoms with Crippen molar-refractivity contribution in [3.63, 3.8) is 0 Å². The summed E-state index contributed by atoms with van der Waals surface area (Å²) in [5, 5.41) is 3.96. The number of hydrogen-bond donors (Lipinski definition) is 0. The highest BCUT2D eigenvalue weighted by molar-refractivity contribution is 7.18. The molecule has 5 rings (SSSR count). The Hall–Kier alpha value is -2.50. The van der Waals surface area contributed by atoms with Crippen molar-refractivity contribution >= 4 is 38.1 Å². The Balaban J connectivity index is 1.36. The summed E-state index contributed by atoms with van der Waals surface area (Å²) in [5.41, 5.74) is 4.17. The number of anilines is 1. The van der Waals surface area contributed by atoms with E-state index in [9.17, 15) is 0 Å². The van der Waals surface area contributed by atoms with Crippen LogP contribution in [0.3, 0.4) is 0 Å². The highest BCUT2D eigenvalue weighted by Crippen LogP contribution is 2.34. The van der Waals surface area contributed by atoms with Crippen molar-refractivity contribution < 1.29 is 0 Å². The molecule has 0 radical (unpaired) electrons. The SMILES string of the molecule is Cc1ccc2ccccc2c1CN1CCN(c2ncnc3sc(C)c(C)c23)CC1. The zero-order valence-corrected chi connectivity index (χ0v) is 18.1. The Bertz CT molecular complexity index is 1190. The van der Waals surface area contributed by atoms with Crippen LogP contribution >= 0.6 is 11.3 Å². The largest absolute Gasteiger partial charge is 0.353 e. The lowest BCUT2D eigenvalue weighted by Gasteiger charge is -2.36. The molecule has 1 saturated heterocycles. The van der Waals surface area contributed by atoms with Gasteiger partial charge in [0.2, 0.25) is 0 Å². The first-order valence-corrected chi connectivity index (χ1v) is 11.1. The molecule has 2 aromatic heterocycles. The van der Waals surface area contributed by atoms with Crippen LogP contribution in [-0.2, 0) is 6.54 Å². The Kier molecular flexibility index (Phi) is 4.72. The molecule has 0 N–H and O–H groups in total. The van der Waals surface area contributed by atoms with Crippen LogP contribution < -0.4 is 4.90 Å². The van der Waals surface area contributed by atoms with Crippen molar-refractivity contribution in [2.45, 2.75) is 27.3 Å². The molecule has 0 atom stereocenters. The van der Waals surface area contributed by atoms with E-state index >= 15 is 0 Å². The van der Waals surface area contributed by atoms with E-state index in [2.05, 4.69) is 76.9 Å². The van der Waals surface area contributed by atoms with Gasteiger partial charge in [-0.2, -0.15) is 0 Å². The summed E-state index contributed by atoms with van der Waals surface area (Å²) >= 11 is 1.77. The third-order valence-electron chi connectivity index (χ3n) is 6.27. The van der Waals surface area contributed by atoms with Gasteiger partial charge in [0.15, 0.2) is 0 Å². The molecule has 4 nitrogen and oxygen atoms in total. The average molecular weight is 403 g/mol. The van der Waals surface area contributed by atoms with Crippen LogP contribution in [0.1, 0.15) is 21.6 Å². The summed E-state index contributed by atoms with van der Waals surface area (Å²) in [6.07, 6.45) is 1.72. The molecule has 0 unspecified atom stereocenters. The number of rotatable bonds is 3. The number of benzene rings is 2. The number of thiophene rings is 1. The van der Waals surface area contributed by atoms with E-state index in [4.69, 9.17) is 0 Å². The van der Waals surface area contributed by atoms with E-state index in [1.54, 1.807) is 17.7 Å². The van der Waals surface area contributed by atoms with E-state index in [0.717, 1.165) is 43.4 Å². The van der Waals surface area contributed by atoms with Crippen molar-refractivity contribution in [3.8, 4) is 0 Å². The van der Waals surface area contributed by atoms with Crippen LogP contribution in [0.5, 0.6) is 0 Å². The molecule has 4 aromatic rings. The van der Waals surface area contributed by atoms with Gasteiger partial charge in [0, 0.05) is 37.6 Å². The van der Waals surface area contributed by atoms with E-state index in [1.807, 2.05) is 0 Å². The van der Waals surface area contributed by atoms with Gasteiger partial charge in [-0.15, -0.1) is 11.3 Å². The summed E-state index contributed by atoms with van der Waals surface area (Å²) in [7, 11) is 0. The van der Waals surface area contributed by atoms with Gasteiger partial charge in [0.1, 0.15) is 17.0 Å². The number of aromatic nitrogens is 2. The minimum atomic E-state index is 1.00. The van der Waals surface area contributed by atoms with Gasteiger partial charge in [-0.3, -0.25) is 4.90 Å². The van der Waals surface area contributed by atoms with Crippen LogP contribution in [0, 0.1) is 20.8 Å². The monoisotopic (exact) mass is 402 g/mol. The van der Waals surface area contributed by atoms with Gasteiger partial charge in [-0.1, -0.05) is 36.4 Å². The molecule has 0 aliphatic carbocycles. The molecule has 0 spiro atoms. The second-order valence-corrected chi connectivity index (χ2v) is 9.21. The lowest BCUT2D eigenvalue weighted by atomic mass is 9.99. The van der Waals surface area contributed by atoms with Crippen molar-refractivity contribution in [1.82, 2.24) is 14.9 Å². The van der Waals surface area contributed by atoms with E-state index in [1.165, 1.54) is 37.7 Å². The molecule has 0 saturated carbocycles. The maximum atomic E-state index is 4.67. The maximum absolute atomic E-state index is 4.67. The molecular formula is C24H26N4S. The first-order chi connectivity index (χ1) is 14.1. The van der Waals surface area contributed by atoms with Crippen LogP contribution in [0.2, 0.25) is 0 Å². The fourth-order valence-electron chi connectivity index (χ4n) is 4.40. The number of hydrogen-bond acceptors (Lipinski definition) is 5. The third-order valence-corrected chi connectivity index (χ3v) is 7.39. The quantitative estimate of drug-likeness (QED) is 0.478. The summed E-state index contributed by atoms with van der Waals surface area (Å²) in [4.78, 5) is 16.6. The molecule has 148 valence electrons. The topological polar surface area (TPSA) is 32.3 Å². The summed E-state index contributed by atoms with van der Waals surface area (Å²) in [5.74, 6) is 1.11. The predicted octanol–water partition coefficient (Wildman–Crippen LogP) is 5.09. The average Bonchev–Trinajstić information content (AvgIpc) is 3.04. The summed E-state index contributed by atoms with van der Waals surface area (Å²) < 4.78 is 0. The number of nitrogens with zero attached hydrogens (tertiary/aromatic N) is 4. The predicted molar refractivity (Wildman–Crippen MR) is 123 cm³/mol. The van der Waals surface area contributed by atoms with E-state index in [-0.39, 0.29) is 0 Å². The Labute approximate surface area is 175 Å².